The van der Waals surface area contributed by atoms with Crippen molar-refractivity contribution in [1.82, 2.24) is 5.32 Å². The summed E-state index contributed by atoms with van der Waals surface area (Å²) in [6, 6.07) is 3.43. The number of methoxy groups -OCH3 is 1. The van der Waals surface area contributed by atoms with Crippen LogP contribution in [0.5, 0.6) is 5.75 Å². The van der Waals surface area contributed by atoms with Crippen LogP contribution in [0.4, 0.5) is 8.78 Å². The molecule has 0 fully saturated rings. The summed E-state index contributed by atoms with van der Waals surface area (Å²) < 4.78 is 38.0. The number of furan rings is 1. The minimum Gasteiger partial charge on any atom is -0.497 e. The standard InChI is InChI=1S/C14H15F2NO2/c1-3-17-14(9-4-5-19-8-9)13-11(15)6-10(18-2)7-12(13)16/h4-8,14,17H,3H2,1-2H3. The van der Waals surface area contributed by atoms with Crippen molar-refractivity contribution in [3.63, 3.8) is 0 Å². The fourth-order valence-corrected chi connectivity index (χ4v) is 1.98. The molecule has 0 aliphatic carbocycles. The number of benzene rings is 1. The first-order valence-corrected chi connectivity index (χ1v) is 5.95. The van der Waals surface area contributed by atoms with Gasteiger partial charge in [-0.2, -0.15) is 0 Å². The maximum Gasteiger partial charge on any atom is 0.134 e. The summed E-state index contributed by atoms with van der Waals surface area (Å²) in [5, 5.41) is 3.04. The van der Waals surface area contributed by atoms with Crippen molar-refractivity contribution in [3.8, 4) is 5.75 Å². The van der Waals surface area contributed by atoms with Crippen LogP contribution in [-0.4, -0.2) is 13.7 Å². The highest BCUT2D eigenvalue weighted by molar-refractivity contribution is 5.37. The SMILES string of the molecule is CCNC(c1ccoc1)c1c(F)cc(OC)cc1F. The highest BCUT2D eigenvalue weighted by Gasteiger charge is 2.23. The highest BCUT2D eigenvalue weighted by Crippen LogP contribution is 2.30. The van der Waals surface area contributed by atoms with Crippen molar-refractivity contribution in [2.24, 2.45) is 0 Å². The molecule has 5 heteroatoms. The smallest absolute Gasteiger partial charge is 0.134 e. The first-order chi connectivity index (χ1) is 9.17. The summed E-state index contributed by atoms with van der Waals surface area (Å²) in [5.41, 5.74) is 0.633. The van der Waals surface area contributed by atoms with Gasteiger partial charge in [-0.05, 0) is 12.6 Å². The molecule has 1 aromatic carbocycles. The van der Waals surface area contributed by atoms with Crippen LogP contribution >= 0.6 is 0 Å². The van der Waals surface area contributed by atoms with Crippen LogP contribution in [0.1, 0.15) is 24.1 Å². The third-order valence-corrected chi connectivity index (χ3v) is 2.86. The molecule has 1 atom stereocenters. The van der Waals surface area contributed by atoms with Crippen molar-refractivity contribution >= 4 is 0 Å². The molecule has 0 radical (unpaired) electrons. The van der Waals surface area contributed by atoms with Crippen LogP contribution in [0.2, 0.25) is 0 Å². The summed E-state index contributed by atoms with van der Waals surface area (Å²) >= 11 is 0. The first kappa shape index (κ1) is 13.5. The average molecular weight is 267 g/mol. The molecule has 0 bridgehead atoms. The van der Waals surface area contributed by atoms with Crippen LogP contribution in [0.3, 0.4) is 0 Å². The van der Waals surface area contributed by atoms with Crippen LogP contribution in [0.25, 0.3) is 0 Å². The third-order valence-electron chi connectivity index (χ3n) is 2.86. The van der Waals surface area contributed by atoms with E-state index >= 15 is 0 Å². The van der Waals surface area contributed by atoms with E-state index in [2.05, 4.69) is 5.32 Å². The molecule has 0 aliphatic rings. The van der Waals surface area contributed by atoms with Gasteiger partial charge < -0.3 is 14.5 Å². The minimum atomic E-state index is -0.649. The molecule has 3 nitrogen and oxygen atoms in total. The van der Waals surface area contributed by atoms with Gasteiger partial charge in [-0.3, -0.25) is 0 Å². The van der Waals surface area contributed by atoms with E-state index in [4.69, 9.17) is 9.15 Å². The van der Waals surface area contributed by atoms with E-state index in [1.165, 1.54) is 31.8 Å². The summed E-state index contributed by atoms with van der Waals surface area (Å²) in [5.74, 6) is -1.14. The zero-order chi connectivity index (χ0) is 13.8. The molecule has 1 N–H and O–H groups in total. The van der Waals surface area contributed by atoms with E-state index in [0.29, 0.717) is 12.1 Å². The van der Waals surface area contributed by atoms with Gasteiger partial charge in [0.15, 0.2) is 0 Å². The van der Waals surface area contributed by atoms with Crippen LogP contribution in [0, 0.1) is 11.6 Å². The third kappa shape index (κ3) is 2.76. The molecule has 1 unspecified atom stereocenters. The van der Waals surface area contributed by atoms with Gasteiger partial charge in [0.05, 0.1) is 25.7 Å². The Bertz CT molecular complexity index is 517. The van der Waals surface area contributed by atoms with E-state index in [9.17, 15) is 8.78 Å². The Morgan fingerprint density at radius 1 is 1.32 bits per heavy atom. The molecule has 2 aromatic rings. The average Bonchev–Trinajstić information content (AvgIpc) is 2.90. The van der Waals surface area contributed by atoms with Gasteiger partial charge in [-0.25, -0.2) is 8.78 Å². The zero-order valence-electron chi connectivity index (χ0n) is 10.7. The number of rotatable bonds is 5. The van der Waals surface area contributed by atoms with Gasteiger partial charge in [0, 0.05) is 23.3 Å². The summed E-state index contributed by atoms with van der Waals surface area (Å²) in [7, 11) is 1.37. The molecule has 102 valence electrons. The summed E-state index contributed by atoms with van der Waals surface area (Å²) in [6.45, 7) is 2.44. The predicted octanol–water partition coefficient (Wildman–Crippen LogP) is 3.27. The van der Waals surface area contributed by atoms with E-state index in [1.54, 1.807) is 6.07 Å². The Labute approximate surface area is 110 Å². The summed E-state index contributed by atoms with van der Waals surface area (Å²) in [4.78, 5) is 0. The van der Waals surface area contributed by atoms with Gasteiger partial charge in [0.1, 0.15) is 17.4 Å². The Kier molecular flexibility index (Phi) is 4.16. The monoisotopic (exact) mass is 267 g/mol. The van der Waals surface area contributed by atoms with Crippen molar-refractivity contribution in [3.05, 3.63) is 53.5 Å². The molecule has 2 rings (SSSR count). The lowest BCUT2D eigenvalue weighted by Crippen LogP contribution is -2.23. The Morgan fingerprint density at radius 2 is 2.00 bits per heavy atom. The molecule has 1 heterocycles. The van der Waals surface area contributed by atoms with Crippen molar-refractivity contribution < 1.29 is 17.9 Å². The van der Waals surface area contributed by atoms with E-state index in [1.807, 2.05) is 6.92 Å². The van der Waals surface area contributed by atoms with Gasteiger partial charge in [-0.15, -0.1) is 0 Å². The first-order valence-electron chi connectivity index (χ1n) is 5.95. The molecule has 0 aliphatic heterocycles. The maximum absolute atomic E-state index is 14.1. The highest BCUT2D eigenvalue weighted by atomic mass is 19.1. The van der Waals surface area contributed by atoms with Gasteiger partial charge >= 0.3 is 0 Å². The molecule has 0 saturated carbocycles. The van der Waals surface area contributed by atoms with Gasteiger partial charge in [-0.1, -0.05) is 6.92 Å². The lowest BCUT2D eigenvalue weighted by atomic mass is 9.99. The maximum atomic E-state index is 14.1. The van der Waals surface area contributed by atoms with Gasteiger partial charge in [0.25, 0.3) is 0 Å². The van der Waals surface area contributed by atoms with E-state index in [-0.39, 0.29) is 11.3 Å². The molecular weight excluding hydrogens is 252 g/mol. The Balaban J connectivity index is 2.48. The quantitative estimate of drug-likeness (QED) is 0.902. The second kappa shape index (κ2) is 5.84. The van der Waals surface area contributed by atoms with E-state index < -0.39 is 17.7 Å². The normalized spacial score (nSPS) is 12.4. The largest absolute Gasteiger partial charge is 0.497 e. The van der Waals surface area contributed by atoms with Crippen LogP contribution in [-0.2, 0) is 0 Å². The number of hydrogen-bond acceptors (Lipinski definition) is 3. The molecule has 0 spiro atoms. The molecule has 1 aromatic heterocycles. The second-order valence-corrected chi connectivity index (χ2v) is 4.05. The fourth-order valence-electron chi connectivity index (χ4n) is 1.98. The summed E-state index contributed by atoms with van der Waals surface area (Å²) in [6.07, 6.45) is 2.94. The fraction of sp³-hybridized carbons (Fsp3) is 0.286. The molecule has 0 saturated heterocycles. The molecule has 19 heavy (non-hydrogen) atoms. The predicted molar refractivity (Wildman–Crippen MR) is 67.1 cm³/mol. The lowest BCUT2D eigenvalue weighted by molar-refractivity contribution is 0.403. The number of ether oxygens (including phenoxy) is 1. The van der Waals surface area contributed by atoms with Crippen LogP contribution < -0.4 is 10.1 Å². The van der Waals surface area contributed by atoms with Gasteiger partial charge in [0.2, 0.25) is 0 Å². The van der Waals surface area contributed by atoms with Crippen molar-refractivity contribution in [2.45, 2.75) is 13.0 Å². The minimum absolute atomic E-state index is 0.0379. The zero-order valence-corrected chi connectivity index (χ0v) is 10.7. The Morgan fingerprint density at radius 3 is 2.47 bits per heavy atom. The molecule has 0 amide bonds. The second-order valence-electron chi connectivity index (χ2n) is 4.05. The van der Waals surface area contributed by atoms with Crippen molar-refractivity contribution in [1.29, 1.82) is 0 Å². The molecular formula is C14H15F2NO2. The Hall–Kier alpha value is -1.88. The van der Waals surface area contributed by atoms with E-state index in [0.717, 1.165) is 0 Å². The lowest BCUT2D eigenvalue weighted by Gasteiger charge is -2.18. The number of nitrogens with one attached hydrogen (secondary N) is 1. The number of hydrogen-bond donors (Lipinski definition) is 1. The topological polar surface area (TPSA) is 34.4 Å². The van der Waals surface area contributed by atoms with Crippen LogP contribution in [0.15, 0.2) is 35.1 Å². The van der Waals surface area contributed by atoms with Crippen molar-refractivity contribution in [2.75, 3.05) is 13.7 Å². The number of halogens is 2.